The molecule has 8 aromatic carbocycles. The summed E-state index contributed by atoms with van der Waals surface area (Å²) in [5.41, 5.74) is 6.60. The molecule has 0 saturated heterocycles. The van der Waals surface area contributed by atoms with Gasteiger partial charge in [-0.05, 0) is 71.9 Å². The summed E-state index contributed by atoms with van der Waals surface area (Å²) in [6.45, 7) is 0. The van der Waals surface area contributed by atoms with Gasteiger partial charge in [0.1, 0.15) is 11.2 Å². The van der Waals surface area contributed by atoms with Gasteiger partial charge >= 0.3 is 0 Å². The van der Waals surface area contributed by atoms with E-state index in [-0.39, 0.29) is 0 Å². The fourth-order valence-electron chi connectivity index (χ4n) is 6.81. The summed E-state index contributed by atoms with van der Waals surface area (Å²) in [5, 5.41) is 12.7. The van der Waals surface area contributed by atoms with Gasteiger partial charge in [-0.1, -0.05) is 133 Å². The van der Waals surface area contributed by atoms with Crippen LogP contribution in [0.5, 0.6) is 0 Å². The topological polar surface area (TPSA) is 13.1 Å². The molecule has 9 rings (SSSR count). The molecule has 0 atom stereocenters. The lowest BCUT2D eigenvalue weighted by Crippen LogP contribution is -1.89. The third-order valence-electron chi connectivity index (χ3n) is 8.66. The first-order valence-electron chi connectivity index (χ1n) is 14.1. The van der Waals surface area contributed by atoms with E-state index in [1.54, 1.807) is 0 Å². The van der Waals surface area contributed by atoms with E-state index in [1.807, 2.05) is 12.1 Å². The molecule has 0 aliphatic heterocycles. The van der Waals surface area contributed by atoms with E-state index in [9.17, 15) is 0 Å². The summed E-state index contributed by atoms with van der Waals surface area (Å²) in [5.74, 6) is 0. The Kier molecular flexibility index (Phi) is 4.67. The van der Waals surface area contributed by atoms with Crippen molar-refractivity contribution < 1.29 is 4.42 Å². The first kappa shape index (κ1) is 22.4. The van der Waals surface area contributed by atoms with Gasteiger partial charge in [-0.25, -0.2) is 0 Å². The van der Waals surface area contributed by atoms with Gasteiger partial charge < -0.3 is 4.42 Å². The molecule has 0 aliphatic rings. The Balaban J connectivity index is 1.29. The van der Waals surface area contributed by atoms with Gasteiger partial charge in [0.15, 0.2) is 0 Å². The lowest BCUT2D eigenvalue weighted by molar-refractivity contribution is 0.670. The molecule has 0 fully saturated rings. The van der Waals surface area contributed by atoms with Crippen molar-refractivity contribution in [3.05, 3.63) is 146 Å². The van der Waals surface area contributed by atoms with E-state index in [2.05, 4.69) is 133 Å². The van der Waals surface area contributed by atoms with Crippen LogP contribution in [-0.2, 0) is 0 Å². The average Bonchev–Trinajstić information content (AvgIpc) is 3.43. The van der Waals surface area contributed by atoms with E-state index in [4.69, 9.17) is 4.42 Å². The monoisotopic (exact) mass is 520 g/mol. The molecule has 41 heavy (non-hydrogen) atoms. The van der Waals surface area contributed by atoms with Crippen molar-refractivity contribution in [2.24, 2.45) is 0 Å². The number of hydrogen-bond acceptors (Lipinski definition) is 1. The lowest BCUT2D eigenvalue weighted by Gasteiger charge is -2.16. The molecule has 0 saturated carbocycles. The van der Waals surface area contributed by atoms with Gasteiger partial charge in [0.05, 0.1) is 0 Å². The highest BCUT2D eigenvalue weighted by atomic mass is 16.3. The molecule has 0 bridgehead atoms. The normalized spacial score (nSPS) is 11.9. The van der Waals surface area contributed by atoms with Crippen LogP contribution in [-0.4, -0.2) is 0 Å². The molecule has 1 heterocycles. The largest absolute Gasteiger partial charge is 0.455 e. The Bertz CT molecular complexity index is 2460. The highest BCUT2D eigenvalue weighted by molar-refractivity contribution is 6.33. The minimum atomic E-state index is 0.925. The number of fused-ring (bicyclic) bond motifs is 11. The van der Waals surface area contributed by atoms with Crippen molar-refractivity contribution in [2.75, 3.05) is 0 Å². The standard InChI is InChI=1S/C40H24O/c1-2-12-30-28(10-1)29-11-3-5-15-33(29)39-34-16-6-4-13-31(34)36(24-37(30)39)26-22-20-25(21-23-26)27-17-9-18-35-32-14-7-8-19-38(32)41-40(27)35/h1-24H. The van der Waals surface area contributed by atoms with Crippen LogP contribution >= 0.6 is 0 Å². The van der Waals surface area contributed by atoms with E-state index in [1.165, 1.54) is 54.2 Å². The zero-order valence-electron chi connectivity index (χ0n) is 22.3. The second-order valence-electron chi connectivity index (χ2n) is 10.8. The highest BCUT2D eigenvalue weighted by Crippen LogP contribution is 2.43. The fraction of sp³-hybridized carbons (Fsp3) is 0. The Labute approximate surface area is 236 Å². The quantitative estimate of drug-likeness (QED) is 0.207. The number of benzene rings is 8. The molecule has 9 aromatic rings. The zero-order valence-corrected chi connectivity index (χ0v) is 22.3. The maximum absolute atomic E-state index is 6.33. The third kappa shape index (κ3) is 3.24. The molecule has 1 heteroatoms. The molecule has 190 valence electrons. The lowest BCUT2D eigenvalue weighted by atomic mass is 9.87. The molecule has 0 unspecified atom stereocenters. The summed E-state index contributed by atoms with van der Waals surface area (Å²) in [6.07, 6.45) is 0. The van der Waals surface area contributed by atoms with Gasteiger partial charge in [0.25, 0.3) is 0 Å². The second kappa shape index (κ2) is 8.55. The van der Waals surface area contributed by atoms with Crippen LogP contribution in [0.4, 0.5) is 0 Å². The van der Waals surface area contributed by atoms with Crippen molar-refractivity contribution in [3.8, 4) is 22.3 Å². The summed E-state index contributed by atoms with van der Waals surface area (Å²) >= 11 is 0. The maximum atomic E-state index is 6.33. The van der Waals surface area contributed by atoms with Crippen molar-refractivity contribution in [1.29, 1.82) is 0 Å². The van der Waals surface area contributed by atoms with Crippen molar-refractivity contribution in [1.82, 2.24) is 0 Å². The van der Waals surface area contributed by atoms with E-state index < -0.39 is 0 Å². The number of rotatable bonds is 2. The van der Waals surface area contributed by atoms with Crippen LogP contribution in [0.25, 0.3) is 87.3 Å². The van der Waals surface area contributed by atoms with Gasteiger partial charge in [-0.15, -0.1) is 0 Å². The van der Waals surface area contributed by atoms with Crippen molar-refractivity contribution >= 4 is 65.0 Å². The van der Waals surface area contributed by atoms with E-state index >= 15 is 0 Å². The van der Waals surface area contributed by atoms with E-state index in [0.29, 0.717) is 0 Å². The van der Waals surface area contributed by atoms with Gasteiger partial charge in [-0.3, -0.25) is 0 Å². The summed E-state index contributed by atoms with van der Waals surface area (Å²) in [6, 6.07) is 52.5. The molecule has 0 spiro atoms. The number of para-hydroxylation sites is 2. The summed E-state index contributed by atoms with van der Waals surface area (Å²) < 4.78 is 6.33. The molecule has 1 nitrogen and oxygen atoms in total. The minimum Gasteiger partial charge on any atom is -0.455 e. The van der Waals surface area contributed by atoms with Crippen molar-refractivity contribution in [3.63, 3.8) is 0 Å². The molecule has 0 radical (unpaired) electrons. The molecule has 0 aliphatic carbocycles. The summed E-state index contributed by atoms with van der Waals surface area (Å²) in [7, 11) is 0. The van der Waals surface area contributed by atoms with Crippen LogP contribution in [0, 0.1) is 0 Å². The Morgan fingerprint density at radius 3 is 1.51 bits per heavy atom. The number of furan rings is 1. The maximum Gasteiger partial charge on any atom is 0.143 e. The first-order valence-corrected chi connectivity index (χ1v) is 14.1. The number of hydrogen-bond donors (Lipinski definition) is 0. The van der Waals surface area contributed by atoms with Crippen molar-refractivity contribution in [2.45, 2.75) is 0 Å². The smallest absolute Gasteiger partial charge is 0.143 e. The SMILES string of the molecule is c1ccc2c(c1)oc1c(-c3ccc(-c4cc5c6ccccc6c6ccccc6c5c5ccccc45)cc3)cccc12. The summed E-state index contributed by atoms with van der Waals surface area (Å²) in [4.78, 5) is 0. The Hall–Kier alpha value is -5.40. The average molecular weight is 521 g/mol. The molecule has 1 aromatic heterocycles. The van der Waals surface area contributed by atoms with Gasteiger partial charge in [0, 0.05) is 16.3 Å². The minimum absolute atomic E-state index is 0.925. The van der Waals surface area contributed by atoms with Crippen LogP contribution in [0.1, 0.15) is 0 Å². The van der Waals surface area contributed by atoms with Gasteiger partial charge in [0.2, 0.25) is 0 Å². The predicted molar refractivity (Wildman–Crippen MR) is 175 cm³/mol. The predicted octanol–water partition coefficient (Wildman–Crippen LogP) is 11.5. The van der Waals surface area contributed by atoms with Crippen LogP contribution in [0.2, 0.25) is 0 Å². The molecule has 0 N–H and O–H groups in total. The van der Waals surface area contributed by atoms with Crippen LogP contribution in [0.15, 0.2) is 150 Å². The van der Waals surface area contributed by atoms with Crippen LogP contribution in [0.3, 0.4) is 0 Å². The Morgan fingerprint density at radius 1 is 0.317 bits per heavy atom. The Morgan fingerprint density at radius 2 is 0.805 bits per heavy atom. The molecular formula is C40H24O. The second-order valence-corrected chi connectivity index (χ2v) is 10.8. The fourth-order valence-corrected chi connectivity index (χ4v) is 6.81. The van der Waals surface area contributed by atoms with Crippen LogP contribution < -0.4 is 0 Å². The zero-order chi connectivity index (χ0) is 26.9. The first-order chi connectivity index (χ1) is 20.3. The molecule has 0 amide bonds. The highest BCUT2D eigenvalue weighted by Gasteiger charge is 2.16. The molecular weight excluding hydrogens is 496 g/mol. The van der Waals surface area contributed by atoms with E-state index in [0.717, 1.165) is 33.1 Å². The van der Waals surface area contributed by atoms with Gasteiger partial charge in [-0.2, -0.15) is 0 Å². The third-order valence-corrected chi connectivity index (χ3v) is 8.66.